The molecule has 0 saturated heterocycles. The lowest BCUT2D eigenvalue weighted by atomic mass is 10.2. The summed E-state index contributed by atoms with van der Waals surface area (Å²) in [5.41, 5.74) is 1.01. The maximum Gasteiger partial charge on any atom is 0.208 e. The highest BCUT2D eigenvalue weighted by molar-refractivity contribution is 9.10. The third-order valence-corrected chi connectivity index (χ3v) is 2.92. The van der Waals surface area contributed by atoms with E-state index in [9.17, 15) is 0 Å². The van der Waals surface area contributed by atoms with Gasteiger partial charge in [-0.15, -0.1) is 0 Å². The molecular weight excluding hydrogens is 296 g/mol. The van der Waals surface area contributed by atoms with E-state index in [1.807, 2.05) is 24.3 Å². The largest absolute Gasteiger partial charge is 0.439 e. The van der Waals surface area contributed by atoms with Crippen LogP contribution in [0.3, 0.4) is 0 Å². The Balaban J connectivity index is 1.97. The van der Waals surface area contributed by atoms with Crippen molar-refractivity contribution in [3.63, 3.8) is 0 Å². The van der Waals surface area contributed by atoms with Crippen LogP contribution in [0, 0.1) is 0 Å². The number of oxazole rings is 1. The van der Waals surface area contributed by atoms with Crippen LogP contribution in [0.25, 0.3) is 11.3 Å². The lowest BCUT2D eigenvalue weighted by molar-refractivity contribution is 0.198. The van der Waals surface area contributed by atoms with Crippen molar-refractivity contribution in [3.05, 3.63) is 40.8 Å². The fraction of sp³-hybridized carbons (Fsp3) is 0.308. The normalized spacial score (nSPS) is 10.8. The van der Waals surface area contributed by atoms with Crippen molar-refractivity contribution in [1.82, 2.24) is 10.3 Å². The average molecular weight is 311 g/mol. The van der Waals surface area contributed by atoms with Gasteiger partial charge in [0.05, 0.1) is 19.3 Å². The van der Waals surface area contributed by atoms with Crippen LogP contribution in [0.1, 0.15) is 5.89 Å². The predicted octanol–water partition coefficient (Wildman–Crippen LogP) is 2.84. The van der Waals surface area contributed by atoms with E-state index in [0.29, 0.717) is 19.0 Å². The summed E-state index contributed by atoms with van der Waals surface area (Å²) < 4.78 is 11.6. The topological polar surface area (TPSA) is 47.3 Å². The van der Waals surface area contributed by atoms with Gasteiger partial charge in [-0.2, -0.15) is 0 Å². The highest BCUT2D eigenvalue weighted by atomic mass is 79.9. The summed E-state index contributed by atoms with van der Waals surface area (Å²) >= 11 is 3.44. The van der Waals surface area contributed by atoms with E-state index in [4.69, 9.17) is 9.15 Å². The molecule has 0 saturated carbocycles. The molecule has 0 radical (unpaired) electrons. The van der Waals surface area contributed by atoms with E-state index in [2.05, 4.69) is 26.2 Å². The van der Waals surface area contributed by atoms with Gasteiger partial charge < -0.3 is 14.5 Å². The number of nitrogens with zero attached hydrogens (tertiary/aromatic N) is 1. The van der Waals surface area contributed by atoms with Gasteiger partial charge in [0.2, 0.25) is 5.89 Å². The smallest absolute Gasteiger partial charge is 0.208 e. The predicted molar refractivity (Wildman–Crippen MR) is 73.2 cm³/mol. The molecule has 0 atom stereocenters. The van der Waals surface area contributed by atoms with Crippen LogP contribution in [0.2, 0.25) is 0 Å². The minimum Gasteiger partial charge on any atom is -0.439 e. The van der Waals surface area contributed by atoms with E-state index in [1.54, 1.807) is 13.3 Å². The number of aromatic nitrogens is 1. The molecule has 1 heterocycles. The van der Waals surface area contributed by atoms with Crippen molar-refractivity contribution in [2.45, 2.75) is 6.54 Å². The summed E-state index contributed by atoms with van der Waals surface area (Å²) in [6.07, 6.45) is 1.75. The van der Waals surface area contributed by atoms with Crippen molar-refractivity contribution in [2.75, 3.05) is 20.3 Å². The van der Waals surface area contributed by atoms with Crippen LogP contribution in [-0.2, 0) is 11.3 Å². The molecule has 2 rings (SSSR count). The first-order chi connectivity index (χ1) is 8.79. The molecule has 0 amide bonds. The number of halogens is 1. The second kappa shape index (κ2) is 6.68. The SMILES string of the molecule is COCCNCc1ncc(-c2cccc(Br)c2)o1. The Morgan fingerprint density at radius 3 is 3.11 bits per heavy atom. The van der Waals surface area contributed by atoms with Crippen molar-refractivity contribution >= 4 is 15.9 Å². The van der Waals surface area contributed by atoms with Gasteiger partial charge in [-0.05, 0) is 12.1 Å². The molecule has 0 fully saturated rings. The monoisotopic (exact) mass is 310 g/mol. The molecule has 1 N–H and O–H groups in total. The molecule has 4 nitrogen and oxygen atoms in total. The van der Waals surface area contributed by atoms with Crippen LogP contribution in [0.4, 0.5) is 0 Å². The standard InChI is InChI=1S/C13H15BrN2O2/c1-17-6-5-15-9-13-16-8-12(18-13)10-3-2-4-11(14)7-10/h2-4,7-8,15H,5-6,9H2,1H3. The third kappa shape index (κ3) is 3.66. The molecule has 1 aromatic heterocycles. The van der Waals surface area contributed by atoms with Crippen molar-refractivity contribution in [2.24, 2.45) is 0 Å². The molecule has 0 aliphatic rings. The van der Waals surface area contributed by atoms with Crippen LogP contribution in [-0.4, -0.2) is 25.2 Å². The van der Waals surface area contributed by atoms with Gasteiger partial charge in [0, 0.05) is 23.7 Å². The van der Waals surface area contributed by atoms with Crippen molar-refractivity contribution in [3.8, 4) is 11.3 Å². The van der Waals surface area contributed by atoms with Crippen LogP contribution in [0.15, 0.2) is 39.4 Å². The Labute approximate surface area is 114 Å². The maximum absolute atomic E-state index is 5.67. The highest BCUT2D eigenvalue weighted by Gasteiger charge is 2.06. The third-order valence-electron chi connectivity index (χ3n) is 2.42. The number of nitrogens with one attached hydrogen (secondary N) is 1. The van der Waals surface area contributed by atoms with Crippen LogP contribution in [0.5, 0.6) is 0 Å². The maximum atomic E-state index is 5.67. The Bertz CT molecular complexity index is 499. The van der Waals surface area contributed by atoms with Crippen LogP contribution >= 0.6 is 15.9 Å². The van der Waals surface area contributed by atoms with Crippen molar-refractivity contribution < 1.29 is 9.15 Å². The Morgan fingerprint density at radius 2 is 2.33 bits per heavy atom. The number of ether oxygens (including phenoxy) is 1. The van der Waals surface area contributed by atoms with Gasteiger partial charge in [-0.1, -0.05) is 28.1 Å². The first-order valence-electron chi connectivity index (χ1n) is 5.70. The zero-order chi connectivity index (χ0) is 12.8. The number of hydrogen-bond donors (Lipinski definition) is 1. The van der Waals surface area contributed by atoms with Gasteiger partial charge in [0.1, 0.15) is 0 Å². The molecule has 0 bridgehead atoms. The highest BCUT2D eigenvalue weighted by Crippen LogP contribution is 2.23. The molecule has 1 aromatic carbocycles. The van der Waals surface area contributed by atoms with E-state index in [1.165, 1.54) is 0 Å². The Hall–Kier alpha value is -1.17. The molecule has 5 heteroatoms. The van der Waals surface area contributed by atoms with E-state index in [-0.39, 0.29) is 0 Å². The summed E-state index contributed by atoms with van der Waals surface area (Å²) in [5, 5.41) is 3.19. The lowest BCUT2D eigenvalue weighted by Crippen LogP contribution is -2.18. The minimum atomic E-state index is 0.608. The summed E-state index contributed by atoms with van der Waals surface area (Å²) in [6.45, 7) is 2.07. The number of benzene rings is 1. The van der Waals surface area contributed by atoms with Gasteiger partial charge in [0.15, 0.2) is 5.76 Å². The summed E-state index contributed by atoms with van der Waals surface area (Å²) in [7, 11) is 1.68. The second-order valence-corrected chi connectivity index (χ2v) is 4.71. The molecule has 2 aromatic rings. The molecule has 0 unspecified atom stereocenters. The minimum absolute atomic E-state index is 0.608. The Kier molecular flexibility index (Phi) is 4.92. The summed E-state index contributed by atoms with van der Waals surface area (Å²) in [5.74, 6) is 1.46. The summed E-state index contributed by atoms with van der Waals surface area (Å²) in [6, 6.07) is 7.95. The molecule has 0 aliphatic heterocycles. The summed E-state index contributed by atoms with van der Waals surface area (Å²) in [4.78, 5) is 4.23. The van der Waals surface area contributed by atoms with Crippen molar-refractivity contribution in [1.29, 1.82) is 0 Å². The Morgan fingerprint density at radius 1 is 1.44 bits per heavy atom. The first-order valence-corrected chi connectivity index (χ1v) is 6.49. The lowest BCUT2D eigenvalue weighted by Gasteiger charge is -2.00. The number of hydrogen-bond acceptors (Lipinski definition) is 4. The van der Waals surface area contributed by atoms with Crippen LogP contribution < -0.4 is 5.32 Å². The fourth-order valence-corrected chi connectivity index (χ4v) is 1.94. The van der Waals surface area contributed by atoms with E-state index in [0.717, 1.165) is 22.3 Å². The molecule has 18 heavy (non-hydrogen) atoms. The first kappa shape index (κ1) is 13.3. The zero-order valence-electron chi connectivity index (χ0n) is 10.1. The molecule has 0 aliphatic carbocycles. The van der Waals surface area contributed by atoms with E-state index >= 15 is 0 Å². The molecular formula is C13H15BrN2O2. The molecule has 96 valence electrons. The average Bonchev–Trinajstić information content (AvgIpc) is 2.83. The quantitative estimate of drug-likeness (QED) is 0.833. The molecule has 0 spiro atoms. The zero-order valence-corrected chi connectivity index (χ0v) is 11.7. The van der Waals surface area contributed by atoms with E-state index < -0.39 is 0 Å². The van der Waals surface area contributed by atoms with Gasteiger partial charge in [0.25, 0.3) is 0 Å². The number of methoxy groups -OCH3 is 1. The fourth-order valence-electron chi connectivity index (χ4n) is 1.54. The van der Waals surface area contributed by atoms with Gasteiger partial charge >= 0.3 is 0 Å². The van der Waals surface area contributed by atoms with Gasteiger partial charge in [-0.3, -0.25) is 0 Å². The van der Waals surface area contributed by atoms with Gasteiger partial charge in [-0.25, -0.2) is 4.98 Å². The second-order valence-electron chi connectivity index (χ2n) is 3.80. The number of rotatable bonds is 6.